The van der Waals surface area contributed by atoms with Gasteiger partial charge in [-0.05, 0) is 20.0 Å². The SMILES string of the molecule is CN1CCCN(C(CN)c2cnn(C)c2)CC1. The summed E-state index contributed by atoms with van der Waals surface area (Å²) in [6, 6.07) is 0.315. The molecule has 0 aromatic carbocycles. The van der Waals surface area contributed by atoms with Crippen LogP contribution in [0.1, 0.15) is 18.0 Å². The molecule has 1 unspecified atom stereocenters. The van der Waals surface area contributed by atoms with E-state index in [1.54, 1.807) is 0 Å². The average Bonchev–Trinajstić information content (AvgIpc) is 2.61. The topological polar surface area (TPSA) is 50.3 Å². The van der Waals surface area contributed by atoms with E-state index in [1.165, 1.54) is 18.5 Å². The van der Waals surface area contributed by atoms with Crippen molar-refractivity contribution in [3.05, 3.63) is 18.0 Å². The Labute approximate surface area is 103 Å². The third-order valence-corrected chi connectivity index (χ3v) is 3.53. The first kappa shape index (κ1) is 12.5. The lowest BCUT2D eigenvalue weighted by molar-refractivity contribution is 0.208. The van der Waals surface area contributed by atoms with Crippen molar-refractivity contribution in [2.45, 2.75) is 12.5 Å². The first-order valence-corrected chi connectivity index (χ1v) is 6.32. The van der Waals surface area contributed by atoms with Gasteiger partial charge in [-0.2, -0.15) is 5.10 Å². The number of aromatic nitrogens is 2. The average molecular weight is 237 g/mol. The van der Waals surface area contributed by atoms with Gasteiger partial charge < -0.3 is 10.6 Å². The Balaban J connectivity index is 2.07. The summed E-state index contributed by atoms with van der Waals surface area (Å²) in [5.41, 5.74) is 7.17. The fraction of sp³-hybridized carbons (Fsp3) is 0.750. The van der Waals surface area contributed by atoms with E-state index in [0.717, 1.165) is 19.6 Å². The molecule has 1 atom stereocenters. The fourth-order valence-electron chi connectivity index (χ4n) is 2.49. The molecule has 0 saturated carbocycles. The van der Waals surface area contributed by atoms with Crippen LogP contribution in [0.25, 0.3) is 0 Å². The summed E-state index contributed by atoms with van der Waals surface area (Å²) >= 11 is 0. The molecule has 0 aliphatic carbocycles. The molecule has 1 aliphatic heterocycles. The van der Waals surface area contributed by atoms with Crippen molar-refractivity contribution in [3.63, 3.8) is 0 Å². The van der Waals surface area contributed by atoms with E-state index < -0.39 is 0 Å². The zero-order valence-corrected chi connectivity index (χ0v) is 10.8. The number of nitrogens with two attached hydrogens (primary N) is 1. The molecule has 0 spiro atoms. The second-order valence-corrected chi connectivity index (χ2v) is 4.89. The van der Waals surface area contributed by atoms with Crippen molar-refractivity contribution in [1.29, 1.82) is 0 Å². The van der Waals surface area contributed by atoms with Crippen LogP contribution in [-0.4, -0.2) is 59.4 Å². The van der Waals surface area contributed by atoms with Crippen LogP contribution < -0.4 is 5.73 Å². The van der Waals surface area contributed by atoms with Gasteiger partial charge in [-0.25, -0.2) is 0 Å². The predicted molar refractivity (Wildman–Crippen MR) is 68.7 cm³/mol. The monoisotopic (exact) mass is 237 g/mol. The number of rotatable bonds is 3. The van der Waals surface area contributed by atoms with Crippen LogP contribution in [0.15, 0.2) is 12.4 Å². The molecule has 0 bridgehead atoms. The largest absolute Gasteiger partial charge is 0.329 e. The highest BCUT2D eigenvalue weighted by Crippen LogP contribution is 2.20. The van der Waals surface area contributed by atoms with Gasteiger partial charge in [-0.1, -0.05) is 0 Å². The molecule has 17 heavy (non-hydrogen) atoms. The fourth-order valence-corrected chi connectivity index (χ4v) is 2.49. The maximum atomic E-state index is 5.94. The lowest BCUT2D eigenvalue weighted by Gasteiger charge is -2.28. The number of hydrogen-bond acceptors (Lipinski definition) is 4. The minimum atomic E-state index is 0.315. The molecule has 1 aromatic rings. The highest BCUT2D eigenvalue weighted by atomic mass is 15.3. The molecule has 1 fully saturated rings. The highest BCUT2D eigenvalue weighted by Gasteiger charge is 2.22. The molecule has 5 nitrogen and oxygen atoms in total. The van der Waals surface area contributed by atoms with Gasteiger partial charge in [0.1, 0.15) is 0 Å². The van der Waals surface area contributed by atoms with Crippen molar-refractivity contribution in [3.8, 4) is 0 Å². The summed E-state index contributed by atoms with van der Waals surface area (Å²) in [5.74, 6) is 0. The van der Waals surface area contributed by atoms with E-state index in [4.69, 9.17) is 5.73 Å². The first-order valence-electron chi connectivity index (χ1n) is 6.32. The number of nitrogens with zero attached hydrogens (tertiary/aromatic N) is 4. The molecule has 0 radical (unpaired) electrons. The molecule has 2 heterocycles. The van der Waals surface area contributed by atoms with Crippen molar-refractivity contribution in [2.75, 3.05) is 39.8 Å². The third kappa shape index (κ3) is 3.06. The normalized spacial score (nSPS) is 21.4. The summed E-state index contributed by atoms with van der Waals surface area (Å²) in [7, 11) is 4.14. The Morgan fingerprint density at radius 2 is 2.12 bits per heavy atom. The number of likely N-dealkylation sites (N-methyl/N-ethyl adjacent to an activating group) is 1. The van der Waals surface area contributed by atoms with Crippen LogP contribution in [0, 0.1) is 0 Å². The molecule has 1 aromatic heterocycles. The van der Waals surface area contributed by atoms with Gasteiger partial charge >= 0.3 is 0 Å². The first-order chi connectivity index (χ1) is 8.20. The zero-order chi connectivity index (χ0) is 12.3. The second kappa shape index (κ2) is 5.62. The summed E-state index contributed by atoms with van der Waals surface area (Å²) < 4.78 is 1.85. The minimum Gasteiger partial charge on any atom is -0.329 e. The lowest BCUT2D eigenvalue weighted by atomic mass is 10.1. The van der Waals surface area contributed by atoms with Crippen molar-refractivity contribution in [1.82, 2.24) is 19.6 Å². The number of hydrogen-bond donors (Lipinski definition) is 1. The van der Waals surface area contributed by atoms with Gasteiger partial charge in [0.15, 0.2) is 0 Å². The van der Waals surface area contributed by atoms with Crippen LogP contribution >= 0.6 is 0 Å². The molecule has 0 amide bonds. The molecular weight excluding hydrogens is 214 g/mol. The van der Waals surface area contributed by atoms with Crippen LogP contribution in [0.5, 0.6) is 0 Å². The smallest absolute Gasteiger partial charge is 0.0538 e. The standard InChI is InChI=1S/C12H23N5/c1-15-4-3-5-17(7-6-15)12(8-13)11-9-14-16(2)10-11/h9-10,12H,3-8,13H2,1-2H3. The molecule has 2 N–H and O–H groups in total. The Morgan fingerprint density at radius 3 is 2.76 bits per heavy atom. The predicted octanol–water partition coefficient (Wildman–Crippen LogP) is 0.0574. The lowest BCUT2D eigenvalue weighted by Crippen LogP contribution is -2.36. The summed E-state index contributed by atoms with van der Waals surface area (Å²) in [4.78, 5) is 4.87. The maximum absolute atomic E-state index is 5.94. The molecule has 5 heteroatoms. The summed E-state index contributed by atoms with van der Waals surface area (Å²) in [6.45, 7) is 5.18. The molecule has 1 aliphatic rings. The van der Waals surface area contributed by atoms with Gasteiger partial charge in [0.05, 0.1) is 12.2 Å². The second-order valence-electron chi connectivity index (χ2n) is 4.89. The summed E-state index contributed by atoms with van der Waals surface area (Å²) in [5, 5.41) is 4.24. The summed E-state index contributed by atoms with van der Waals surface area (Å²) in [6.07, 6.45) is 5.23. The Hall–Kier alpha value is -0.910. The Morgan fingerprint density at radius 1 is 1.29 bits per heavy atom. The molecule has 1 saturated heterocycles. The van der Waals surface area contributed by atoms with Crippen molar-refractivity contribution < 1.29 is 0 Å². The zero-order valence-electron chi connectivity index (χ0n) is 10.8. The Kier molecular flexibility index (Phi) is 4.15. The van der Waals surface area contributed by atoms with Gasteiger partial charge in [-0.15, -0.1) is 0 Å². The highest BCUT2D eigenvalue weighted by molar-refractivity contribution is 5.11. The molecule has 2 rings (SSSR count). The quantitative estimate of drug-likeness (QED) is 0.807. The van der Waals surface area contributed by atoms with Gasteiger partial charge in [0, 0.05) is 45.0 Å². The van der Waals surface area contributed by atoms with Crippen LogP contribution in [-0.2, 0) is 7.05 Å². The van der Waals surface area contributed by atoms with Crippen LogP contribution in [0.2, 0.25) is 0 Å². The van der Waals surface area contributed by atoms with Crippen LogP contribution in [0.4, 0.5) is 0 Å². The van der Waals surface area contributed by atoms with E-state index in [2.05, 4.69) is 28.1 Å². The van der Waals surface area contributed by atoms with E-state index in [9.17, 15) is 0 Å². The maximum Gasteiger partial charge on any atom is 0.0538 e. The van der Waals surface area contributed by atoms with E-state index in [0.29, 0.717) is 12.6 Å². The van der Waals surface area contributed by atoms with Crippen molar-refractivity contribution in [2.24, 2.45) is 12.8 Å². The number of aryl methyl sites for hydroxylation is 1. The van der Waals surface area contributed by atoms with Gasteiger partial charge in [0.25, 0.3) is 0 Å². The van der Waals surface area contributed by atoms with E-state index >= 15 is 0 Å². The van der Waals surface area contributed by atoms with Gasteiger partial charge in [-0.3, -0.25) is 9.58 Å². The third-order valence-electron chi connectivity index (χ3n) is 3.53. The molecular formula is C12H23N5. The van der Waals surface area contributed by atoms with Gasteiger partial charge in [0.2, 0.25) is 0 Å². The van der Waals surface area contributed by atoms with Crippen LogP contribution in [0.3, 0.4) is 0 Å². The Bertz CT molecular complexity index is 348. The van der Waals surface area contributed by atoms with E-state index in [-0.39, 0.29) is 0 Å². The minimum absolute atomic E-state index is 0.315. The molecule has 96 valence electrons. The van der Waals surface area contributed by atoms with Crippen molar-refractivity contribution >= 4 is 0 Å². The van der Waals surface area contributed by atoms with E-state index in [1.807, 2.05) is 17.9 Å².